The Kier molecular flexibility index (Phi) is 5.94. The van der Waals surface area contributed by atoms with Crippen molar-refractivity contribution in [3.8, 4) is 11.5 Å². The number of aliphatic hydroxyl groups is 1. The van der Waals surface area contributed by atoms with Crippen LogP contribution in [-0.4, -0.2) is 31.8 Å². The summed E-state index contributed by atoms with van der Waals surface area (Å²) in [4.78, 5) is 11.1. The van der Waals surface area contributed by atoms with Gasteiger partial charge in [-0.15, -0.1) is 0 Å². The van der Waals surface area contributed by atoms with E-state index in [0.29, 0.717) is 16.0 Å². The second-order valence-electron chi connectivity index (χ2n) is 3.54. The fourth-order valence-corrected chi connectivity index (χ4v) is 1.98. The van der Waals surface area contributed by atoms with Crippen LogP contribution in [0.5, 0.6) is 11.5 Å². The fraction of sp³-hybridized carbons (Fsp3) is 0.417. The number of carbonyl (C=O) groups excluding carboxylic acids is 1. The van der Waals surface area contributed by atoms with Crippen LogP contribution < -0.4 is 14.8 Å². The minimum Gasteiger partial charge on any atom is -0.493 e. The van der Waals surface area contributed by atoms with Crippen LogP contribution in [-0.2, 0) is 11.4 Å². The van der Waals surface area contributed by atoms with Crippen molar-refractivity contribution >= 4 is 21.8 Å². The van der Waals surface area contributed by atoms with Crippen LogP contribution in [0, 0.1) is 0 Å². The maximum Gasteiger partial charge on any atom is 0.223 e. The molecule has 1 aromatic carbocycles. The van der Waals surface area contributed by atoms with Gasteiger partial charge in [0, 0.05) is 7.05 Å². The molecule has 0 saturated carbocycles. The highest BCUT2D eigenvalue weighted by Crippen LogP contribution is 2.36. The van der Waals surface area contributed by atoms with Crippen LogP contribution in [0.2, 0.25) is 0 Å². The van der Waals surface area contributed by atoms with Crippen molar-refractivity contribution in [2.45, 2.75) is 13.0 Å². The van der Waals surface area contributed by atoms with Gasteiger partial charge in [-0.1, -0.05) is 0 Å². The monoisotopic (exact) mass is 317 g/mol. The summed E-state index contributed by atoms with van der Waals surface area (Å²) in [7, 11) is 3.10. The van der Waals surface area contributed by atoms with Crippen LogP contribution in [0.15, 0.2) is 16.6 Å². The Hall–Kier alpha value is -1.27. The first kappa shape index (κ1) is 14.8. The van der Waals surface area contributed by atoms with E-state index in [1.54, 1.807) is 19.2 Å². The van der Waals surface area contributed by atoms with Crippen LogP contribution in [0.25, 0.3) is 0 Å². The number of hydrogen-bond donors (Lipinski definition) is 2. The lowest BCUT2D eigenvalue weighted by molar-refractivity contribution is -0.121. The molecule has 0 aromatic heterocycles. The zero-order valence-corrected chi connectivity index (χ0v) is 11.9. The summed E-state index contributed by atoms with van der Waals surface area (Å²) in [5.74, 6) is 0.959. The van der Waals surface area contributed by atoms with Crippen molar-refractivity contribution in [3.63, 3.8) is 0 Å². The van der Waals surface area contributed by atoms with Gasteiger partial charge >= 0.3 is 0 Å². The smallest absolute Gasteiger partial charge is 0.223 e. The van der Waals surface area contributed by atoms with E-state index in [1.807, 2.05) is 0 Å². The third-order valence-corrected chi connectivity index (χ3v) is 2.92. The number of hydrogen-bond acceptors (Lipinski definition) is 4. The average molecular weight is 318 g/mol. The van der Waals surface area contributed by atoms with E-state index in [0.717, 1.165) is 5.56 Å². The minimum atomic E-state index is -0.0860. The second kappa shape index (κ2) is 7.23. The summed E-state index contributed by atoms with van der Waals surface area (Å²) < 4.78 is 11.4. The van der Waals surface area contributed by atoms with Crippen molar-refractivity contribution < 1.29 is 19.4 Å². The lowest BCUT2D eigenvalue weighted by Gasteiger charge is -2.13. The largest absolute Gasteiger partial charge is 0.493 e. The number of nitrogens with one attached hydrogen (secondary N) is 1. The first-order chi connectivity index (χ1) is 8.62. The molecule has 0 unspecified atom stereocenters. The number of benzene rings is 1. The standard InChI is InChI=1S/C12H16BrNO4/c1-14-11(16)3-4-18-12-9(13)5-8(7-15)6-10(12)17-2/h5-6,15H,3-4,7H2,1-2H3,(H,14,16). The summed E-state index contributed by atoms with van der Waals surface area (Å²) in [6, 6.07) is 3.44. The maximum absolute atomic E-state index is 11.1. The molecule has 0 bridgehead atoms. The second-order valence-corrected chi connectivity index (χ2v) is 4.39. The topological polar surface area (TPSA) is 67.8 Å². The van der Waals surface area contributed by atoms with Gasteiger partial charge in [0.25, 0.3) is 0 Å². The van der Waals surface area contributed by atoms with Gasteiger partial charge in [-0.2, -0.15) is 0 Å². The highest BCUT2D eigenvalue weighted by Gasteiger charge is 2.12. The number of halogens is 1. The SMILES string of the molecule is CNC(=O)CCOc1c(Br)cc(CO)cc1OC. The van der Waals surface area contributed by atoms with Crippen LogP contribution in [0.4, 0.5) is 0 Å². The third-order valence-electron chi connectivity index (χ3n) is 2.33. The van der Waals surface area contributed by atoms with Gasteiger partial charge in [0.2, 0.25) is 5.91 Å². The molecule has 0 radical (unpaired) electrons. The van der Waals surface area contributed by atoms with Crippen molar-refractivity contribution in [3.05, 3.63) is 22.2 Å². The molecule has 1 aromatic rings. The van der Waals surface area contributed by atoms with E-state index in [4.69, 9.17) is 14.6 Å². The van der Waals surface area contributed by atoms with E-state index in [9.17, 15) is 4.79 Å². The summed E-state index contributed by atoms with van der Waals surface area (Å²) >= 11 is 3.35. The molecule has 0 atom stereocenters. The molecule has 0 aliphatic heterocycles. The van der Waals surface area contributed by atoms with Gasteiger partial charge in [0.05, 0.1) is 31.2 Å². The molecular formula is C12H16BrNO4. The molecule has 0 spiro atoms. The van der Waals surface area contributed by atoms with E-state index in [1.165, 1.54) is 7.11 Å². The van der Waals surface area contributed by atoms with Crippen LogP contribution in [0.3, 0.4) is 0 Å². The number of amides is 1. The first-order valence-electron chi connectivity index (χ1n) is 5.43. The predicted octanol–water partition coefficient (Wildman–Crippen LogP) is 1.46. The molecule has 0 aliphatic rings. The van der Waals surface area contributed by atoms with E-state index in [-0.39, 0.29) is 25.5 Å². The Morgan fingerprint density at radius 3 is 2.78 bits per heavy atom. The van der Waals surface area contributed by atoms with E-state index < -0.39 is 0 Å². The van der Waals surface area contributed by atoms with Crippen LogP contribution in [0.1, 0.15) is 12.0 Å². The molecule has 2 N–H and O–H groups in total. The Morgan fingerprint density at radius 2 is 2.22 bits per heavy atom. The predicted molar refractivity (Wildman–Crippen MR) is 70.8 cm³/mol. The summed E-state index contributed by atoms with van der Waals surface area (Å²) in [5, 5.41) is 11.6. The Balaban J connectivity index is 2.78. The zero-order chi connectivity index (χ0) is 13.5. The highest BCUT2D eigenvalue weighted by atomic mass is 79.9. The number of rotatable bonds is 6. The quantitative estimate of drug-likeness (QED) is 0.833. The first-order valence-corrected chi connectivity index (χ1v) is 6.22. The number of methoxy groups -OCH3 is 1. The lowest BCUT2D eigenvalue weighted by Crippen LogP contribution is -2.20. The molecule has 0 aliphatic carbocycles. The summed E-state index contributed by atoms with van der Waals surface area (Å²) in [6.45, 7) is 0.181. The summed E-state index contributed by atoms with van der Waals surface area (Å²) in [6.07, 6.45) is 0.272. The Bertz CT molecular complexity index is 423. The Morgan fingerprint density at radius 1 is 1.50 bits per heavy atom. The number of ether oxygens (including phenoxy) is 2. The van der Waals surface area contributed by atoms with Gasteiger partial charge in [0.1, 0.15) is 0 Å². The van der Waals surface area contributed by atoms with Gasteiger partial charge in [-0.05, 0) is 33.6 Å². The molecule has 0 heterocycles. The van der Waals surface area contributed by atoms with Gasteiger partial charge < -0.3 is 19.9 Å². The number of aliphatic hydroxyl groups excluding tert-OH is 1. The molecule has 100 valence electrons. The zero-order valence-electron chi connectivity index (χ0n) is 10.3. The van der Waals surface area contributed by atoms with E-state index >= 15 is 0 Å². The average Bonchev–Trinajstić information content (AvgIpc) is 2.39. The lowest BCUT2D eigenvalue weighted by atomic mass is 10.2. The highest BCUT2D eigenvalue weighted by molar-refractivity contribution is 9.10. The number of carbonyl (C=O) groups is 1. The van der Waals surface area contributed by atoms with Crippen molar-refractivity contribution in [1.29, 1.82) is 0 Å². The van der Waals surface area contributed by atoms with Gasteiger partial charge in [-0.3, -0.25) is 4.79 Å². The Labute approximate surface area is 114 Å². The fourth-order valence-electron chi connectivity index (χ4n) is 1.38. The molecule has 1 amide bonds. The van der Waals surface area contributed by atoms with Crippen molar-refractivity contribution in [2.24, 2.45) is 0 Å². The molecule has 5 nitrogen and oxygen atoms in total. The van der Waals surface area contributed by atoms with Crippen molar-refractivity contribution in [1.82, 2.24) is 5.32 Å². The molecular weight excluding hydrogens is 302 g/mol. The molecule has 18 heavy (non-hydrogen) atoms. The molecule has 6 heteroatoms. The summed E-state index contributed by atoms with van der Waals surface area (Å²) in [5.41, 5.74) is 0.720. The van der Waals surface area contributed by atoms with Gasteiger partial charge in [-0.25, -0.2) is 0 Å². The molecule has 0 fully saturated rings. The van der Waals surface area contributed by atoms with Crippen molar-refractivity contribution in [2.75, 3.05) is 20.8 Å². The maximum atomic E-state index is 11.1. The van der Waals surface area contributed by atoms with Crippen LogP contribution >= 0.6 is 15.9 Å². The molecule has 0 saturated heterocycles. The van der Waals surface area contributed by atoms with Gasteiger partial charge in [0.15, 0.2) is 11.5 Å². The minimum absolute atomic E-state index is 0.0759. The normalized spacial score (nSPS) is 10.0. The molecule has 1 rings (SSSR count). The van der Waals surface area contributed by atoms with E-state index in [2.05, 4.69) is 21.2 Å². The third kappa shape index (κ3) is 3.89.